The van der Waals surface area contributed by atoms with Crippen molar-refractivity contribution in [2.75, 3.05) is 19.6 Å². The second-order valence-electron chi connectivity index (χ2n) is 3.29. The summed E-state index contributed by atoms with van der Waals surface area (Å²) in [5.41, 5.74) is 0. The largest absolute Gasteiger partial charge is 0.355 e. The van der Waals surface area contributed by atoms with Gasteiger partial charge in [0.05, 0.1) is 6.54 Å². The smallest absolute Gasteiger partial charge is 0.239 e. The van der Waals surface area contributed by atoms with E-state index in [4.69, 9.17) is 0 Å². The maximum absolute atomic E-state index is 11.3. The van der Waals surface area contributed by atoms with Crippen molar-refractivity contribution in [3.05, 3.63) is 0 Å². The van der Waals surface area contributed by atoms with Gasteiger partial charge >= 0.3 is 0 Å². The zero-order valence-electron chi connectivity index (χ0n) is 9.30. The molecule has 0 bridgehead atoms. The van der Waals surface area contributed by atoms with E-state index >= 15 is 0 Å². The molecule has 0 unspecified atom stereocenters. The van der Waals surface area contributed by atoms with Crippen molar-refractivity contribution in [3.8, 4) is 0 Å². The van der Waals surface area contributed by atoms with Gasteiger partial charge in [0.15, 0.2) is 0 Å². The molecule has 0 aromatic carbocycles. The molecule has 4 nitrogen and oxygen atoms in total. The Balaban J connectivity index is 3.90. The van der Waals surface area contributed by atoms with Gasteiger partial charge in [0.1, 0.15) is 0 Å². The van der Waals surface area contributed by atoms with Crippen LogP contribution in [0.25, 0.3) is 0 Å². The number of carbonyl (C=O) groups is 2. The molecule has 0 heterocycles. The quantitative estimate of drug-likeness (QED) is 0.688. The maximum atomic E-state index is 11.3. The Morgan fingerprint density at radius 1 is 1.21 bits per heavy atom. The monoisotopic (exact) mass is 200 g/mol. The molecule has 0 aromatic heterocycles. The summed E-state index contributed by atoms with van der Waals surface area (Å²) in [6, 6.07) is 0. The molecular formula is C10H20N2O2. The molecule has 0 spiro atoms. The SMILES string of the molecule is CCCNC(=O)CN(CCC)C(C)=O. The standard InChI is InChI=1S/C10H20N2O2/c1-4-6-11-10(14)8-12(7-5-2)9(3)13/h4-8H2,1-3H3,(H,11,14). The van der Waals surface area contributed by atoms with E-state index in [0.29, 0.717) is 13.1 Å². The van der Waals surface area contributed by atoms with Gasteiger partial charge in [-0.25, -0.2) is 0 Å². The molecule has 4 heteroatoms. The minimum Gasteiger partial charge on any atom is -0.355 e. The van der Waals surface area contributed by atoms with Gasteiger partial charge in [-0.1, -0.05) is 13.8 Å². The number of hydrogen-bond acceptors (Lipinski definition) is 2. The first-order valence-corrected chi connectivity index (χ1v) is 5.14. The molecule has 0 aromatic rings. The summed E-state index contributed by atoms with van der Waals surface area (Å²) in [7, 11) is 0. The van der Waals surface area contributed by atoms with Crippen LogP contribution < -0.4 is 5.32 Å². The zero-order chi connectivity index (χ0) is 11.0. The molecule has 0 aliphatic heterocycles. The lowest BCUT2D eigenvalue weighted by Gasteiger charge is -2.19. The van der Waals surface area contributed by atoms with Crippen LogP contribution in [0.4, 0.5) is 0 Å². The van der Waals surface area contributed by atoms with Gasteiger partial charge in [0.2, 0.25) is 11.8 Å². The molecule has 0 aliphatic carbocycles. The highest BCUT2D eigenvalue weighted by Gasteiger charge is 2.11. The average molecular weight is 200 g/mol. The van der Waals surface area contributed by atoms with Crippen LogP contribution in [-0.4, -0.2) is 36.3 Å². The highest BCUT2D eigenvalue weighted by Crippen LogP contribution is 1.92. The van der Waals surface area contributed by atoms with Crippen LogP contribution in [0.15, 0.2) is 0 Å². The van der Waals surface area contributed by atoms with E-state index in [1.807, 2.05) is 13.8 Å². The normalized spacial score (nSPS) is 9.64. The summed E-state index contributed by atoms with van der Waals surface area (Å²) in [5.74, 6) is -0.117. The predicted octanol–water partition coefficient (Wildman–Crippen LogP) is 0.771. The Labute approximate surface area is 85.7 Å². The second kappa shape index (κ2) is 7.35. The van der Waals surface area contributed by atoms with E-state index in [-0.39, 0.29) is 18.4 Å². The van der Waals surface area contributed by atoms with Gasteiger partial charge < -0.3 is 10.2 Å². The number of rotatable bonds is 6. The molecule has 82 valence electrons. The summed E-state index contributed by atoms with van der Waals surface area (Å²) in [5, 5.41) is 2.74. The molecular weight excluding hydrogens is 180 g/mol. The first-order chi connectivity index (χ1) is 6.61. The molecule has 2 amide bonds. The highest BCUT2D eigenvalue weighted by molar-refractivity contribution is 5.83. The van der Waals surface area contributed by atoms with Gasteiger partial charge in [0, 0.05) is 20.0 Å². The number of nitrogens with one attached hydrogen (secondary N) is 1. The summed E-state index contributed by atoms with van der Waals surface area (Å²) >= 11 is 0. The fourth-order valence-electron chi connectivity index (χ4n) is 1.11. The van der Waals surface area contributed by atoms with E-state index in [1.165, 1.54) is 6.92 Å². The lowest BCUT2D eigenvalue weighted by molar-refractivity contribution is -0.134. The number of amides is 2. The molecule has 0 saturated heterocycles. The second-order valence-corrected chi connectivity index (χ2v) is 3.29. The first kappa shape index (κ1) is 12.9. The van der Waals surface area contributed by atoms with E-state index in [2.05, 4.69) is 5.32 Å². The Hall–Kier alpha value is -1.06. The van der Waals surface area contributed by atoms with Crippen LogP contribution >= 0.6 is 0 Å². The summed E-state index contributed by atoms with van der Waals surface area (Å²) in [6.45, 7) is 6.98. The minimum absolute atomic E-state index is 0.0431. The van der Waals surface area contributed by atoms with Crippen molar-refractivity contribution in [1.82, 2.24) is 10.2 Å². The highest BCUT2D eigenvalue weighted by atomic mass is 16.2. The third-order valence-corrected chi connectivity index (χ3v) is 1.85. The van der Waals surface area contributed by atoms with Crippen LogP contribution in [0.3, 0.4) is 0 Å². The Kier molecular flexibility index (Phi) is 6.80. The van der Waals surface area contributed by atoms with Crippen molar-refractivity contribution in [1.29, 1.82) is 0 Å². The van der Waals surface area contributed by atoms with Crippen LogP contribution in [0, 0.1) is 0 Å². The van der Waals surface area contributed by atoms with Crippen molar-refractivity contribution < 1.29 is 9.59 Å². The fraction of sp³-hybridized carbons (Fsp3) is 0.800. The topological polar surface area (TPSA) is 49.4 Å². The van der Waals surface area contributed by atoms with Crippen LogP contribution in [0.5, 0.6) is 0 Å². The Morgan fingerprint density at radius 3 is 2.29 bits per heavy atom. The third kappa shape index (κ3) is 5.56. The Morgan fingerprint density at radius 2 is 1.86 bits per heavy atom. The van der Waals surface area contributed by atoms with Crippen molar-refractivity contribution in [3.63, 3.8) is 0 Å². The van der Waals surface area contributed by atoms with E-state index in [1.54, 1.807) is 4.90 Å². The molecule has 0 radical (unpaired) electrons. The molecule has 0 aliphatic rings. The molecule has 1 N–H and O–H groups in total. The van der Waals surface area contributed by atoms with Gasteiger partial charge in [-0.05, 0) is 12.8 Å². The van der Waals surface area contributed by atoms with Crippen LogP contribution in [-0.2, 0) is 9.59 Å². The molecule has 0 saturated carbocycles. The number of hydrogen-bond donors (Lipinski definition) is 1. The lowest BCUT2D eigenvalue weighted by atomic mass is 10.3. The van der Waals surface area contributed by atoms with E-state index < -0.39 is 0 Å². The number of nitrogens with zero attached hydrogens (tertiary/aromatic N) is 1. The van der Waals surface area contributed by atoms with Crippen LogP contribution in [0.2, 0.25) is 0 Å². The minimum atomic E-state index is -0.0736. The van der Waals surface area contributed by atoms with Crippen LogP contribution in [0.1, 0.15) is 33.6 Å². The molecule has 0 fully saturated rings. The predicted molar refractivity (Wildman–Crippen MR) is 55.8 cm³/mol. The van der Waals surface area contributed by atoms with Crippen molar-refractivity contribution in [2.24, 2.45) is 0 Å². The van der Waals surface area contributed by atoms with Crippen molar-refractivity contribution in [2.45, 2.75) is 33.6 Å². The van der Waals surface area contributed by atoms with E-state index in [0.717, 1.165) is 12.8 Å². The summed E-state index contributed by atoms with van der Waals surface area (Å²) in [6.07, 6.45) is 1.79. The number of carbonyl (C=O) groups excluding carboxylic acids is 2. The van der Waals surface area contributed by atoms with Gasteiger partial charge in [0.25, 0.3) is 0 Å². The molecule has 14 heavy (non-hydrogen) atoms. The molecule has 0 rings (SSSR count). The maximum Gasteiger partial charge on any atom is 0.239 e. The fourth-order valence-corrected chi connectivity index (χ4v) is 1.11. The Bertz CT molecular complexity index is 193. The average Bonchev–Trinajstić information content (AvgIpc) is 2.14. The third-order valence-electron chi connectivity index (χ3n) is 1.85. The van der Waals surface area contributed by atoms with Gasteiger partial charge in [-0.2, -0.15) is 0 Å². The van der Waals surface area contributed by atoms with Gasteiger partial charge in [-0.15, -0.1) is 0 Å². The first-order valence-electron chi connectivity index (χ1n) is 5.14. The molecule has 0 atom stereocenters. The summed E-state index contributed by atoms with van der Waals surface area (Å²) in [4.78, 5) is 23.9. The zero-order valence-corrected chi connectivity index (χ0v) is 9.30. The van der Waals surface area contributed by atoms with Crippen molar-refractivity contribution >= 4 is 11.8 Å². The van der Waals surface area contributed by atoms with E-state index in [9.17, 15) is 9.59 Å². The summed E-state index contributed by atoms with van der Waals surface area (Å²) < 4.78 is 0. The lowest BCUT2D eigenvalue weighted by Crippen LogP contribution is -2.40. The van der Waals surface area contributed by atoms with Gasteiger partial charge in [-0.3, -0.25) is 9.59 Å².